The first-order chi connectivity index (χ1) is 17.7. The summed E-state index contributed by atoms with van der Waals surface area (Å²) in [6, 6.07) is 9.40. The highest BCUT2D eigenvalue weighted by Crippen LogP contribution is 2.65. The molecular formula is C33H40O4. The van der Waals surface area contributed by atoms with Crippen molar-refractivity contribution >= 4 is 5.97 Å². The second-order valence-electron chi connectivity index (χ2n) is 12.0. The van der Waals surface area contributed by atoms with Gasteiger partial charge in [0.2, 0.25) is 0 Å². The van der Waals surface area contributed by atoms with E-state index in [-0.39, 0.29) is 11.5 Å². The van der Waals surface area contributed by atoms with Crippen LogP contribution in [0.4, 0.5) is 0 Å². The molecule has 1 aromatic rings. The minimum Gasteiger partial charge on any atom is -0.459 e. The third-order valence-electron chi connectivity index (χ3n) is 10.4. The average Bonchev–Trinajstić information content (AvgIpc) is 3.18. The minimum absolute atomic E-state index is 0.168. The van der Waals surface area contributed by atoms with E-state index >= 15 is 0 Å². The maximum absolute atomic E-state index is 13.6. The minimum atomic E-state index is -1.42. The largest absolute Gasteiger partial charge is 0.459 e. The van der Waals surface area contributed by atoms with E-state index in [1.807, 2.05) is 30.3 Å². The van der Waals surface area contributed by atoms with Gasteiger partial charge < -0.3 is 14.6 Å². The number of aliphatic hydroxyl groups is 1. The van der Waals surface area contributed by atoms with Crippen molar-refractivity contribution in [1.82, 2.24) is 0 Å². The maximum atomic E-state index is 13.6. The Morgan fingerprint density at radius 1 is 1.16 bits per heavy atom. The number of carbonyl (C=O) groups is 1. The predicted octanol–water partition coefficient (Wildman–Crippen LogP) is 5.79. The normalized spacial score (nSPS) is 38.1. The fourth-order valence-corrected chi connectivity index (χ4v) is 8.51. The first-order valence-electron chi connectivity index (χ1n) is 13.9. The Balaban J connectivity index is 1.35. The summed E-state index contributed by atoms with van der Waals surface area (Å²) in [6.07, 6.45) is 13.1. The number of ether oxygens (including phenoxy) is 2. The quantitative estimate of drug-likeness (QED) is 0.323. The van der Waals surface area contributed by atoms with Crippen LogP contribution in [0, 0.1) is 53.3 Å². The molecule has 0 aliphatic heterocycles. The molecule has 2 fully saturated rings. The van der Waals surface area contributed by atoms with Crippen LogP contribution in [0.3, 0.4) is 0 Å². The van der Waals surface area contributed by atoms with Gasteiger partial charge in [-0.2, -0.15) is 0 Å². The van der Waals surface area contributed by atoms with Crippen LogP contribution in [-0.4, -0.2) is 29.9 Å². The zero-order chi connectivity index (χ0) is 26.4. The van der Waals surface area contributed by atoms with Crippen molar-refractivity contribution in [3.63, 3.8) is 0 Å². The predicted molar refractivity (Wildman–Crippen MR) is 144 cm³/mol. The molecule has 0 amide bonds. The molecule has 4 nitrogen and oxygen atoms in total. The molecule has 0 bridgehead atoms. The van der Waals surface area contributed by atoms with E-state index in [1.54, 1.807) is 12.5 Å². The van der Waals surface area contributed by atoms with E-state index < -0.39 is 17.2 Å². The van der Waals surface area contributed by atoms with Gasteiger partial charge in [0.25, 0.3) is 5.60 Å². The summed E-state index contributed by atoms with van der Waals surface area (Å²) >= 11 is 0. The van der Waals surface area contributed by atoms with Gasteiger partial charge in [0.05, 0.1) is 0 Å². The summed E-state index contributed by atoms with van der Waals surface area (Å²) in [4.78, 5) is 13.6. The molecular weight excluding hydrogens is 460 g/mol. The van der Waals surface area contributed by atoms with Gasteiger partial charge in [0.1, 0.15) is 11.7 Å². The number of rotatable bonds is 4. The van der Waals surface area contributed by atoms with E-state index in [1.165, 1.54) is 12.7 Å². The molecule has 0 saturated heterocycles. The Bertz CT molecular complexity index is 1180. The molecule has 37 heavy (non-hydrogen) atoms. The molecule has 2 saturated carbocycles. The Morgan fingerprint density at radius 3 is 2.59 bits per heavy atom. The molecule has 0 heterocycles. The number of methoxy groups -OCH3 is 1. The first-order valence-corrected chi connectivity index (χ1v) is 13.9. The highest BCUT2D eigenvalue weighted by molar-refractivity contribution is 5.85. The number of terminal acetylenes is 1. The van der Waals surface area contributed by atoms with E-state index in [0.29, 0.717) is 35.7 Å². The Morgan fingerprint density at radius 2 is 1.92 bits per heavy atom. The molecule has 0 unspecified atom stereocenters. The zero-order valence-corrected chi connectivity index (χ0v) is 22.7. The molecule has 0 radical (unpaired) electrons. The van der Waals surface area contributed by atoms with E-state index in [0.717, 1.165) is 44.9 Å². The van der Waals surface area contributed by atoms with Gasteiger partial charge in [0.15, 0.2) is 0 Å². The summed E-state index contributed by atoms with van der Waals surface area (Å²) in [5.74, 6) is 10.3. The molecule has 0 aromatic heterocycles. The SMILES string of the molecule is C#C[C@]1(O)CC[C@H]2[C@@H]3[C@H](C)CC4=C(CC[C@@H](OC(=O)[C@@](C#CC)(OC)c5ccccc5)C4)[C@H]3CC[C@@]21C. The second kappa shape index (κ2) is 9.65. The zero-order valence-electron chi connectivity index (χ0n) is 22.7. The van der Waals surface area contributed by atoms with Crippen molar-refractivity contribution in [2.45, 2.75) is 89.4 Å². The summed E-state index contributed by atoms with van der Waals surface area (Å²) in [6.45, 7) is 6.32. The average molecular weight is 501 g/mol. The van der Waals surface area contributed by atoms with Crippen LogP contribution in [0.1, 0.15) is 77.7 Å². The summed E-state index contributed by atoms with van der Waals surface area (Å²) in [5, 5.41) is 11.3. The second-order valence-corrected chi connectivity index (χ2v) is 12.0. The fraction of sp³-hybridized carbons (Fsp3) is 0.606. The van der Waals surface area contributed by atoms with E-state index in [4.69, 9.17) is 15.9 Å². The molecule has 1 N–H and O–H groups in total. The Labute approximate surface area is 222 Å². The monoisotopic (exact) mass is 500 g/mol. The number of benzene rings is 1. The number of fused-ring (bicyclic) bond motifs is 4. The molecule has 1 aromatic carbocycles. The number of allylic oxidation sites excluding steroid dienone is 1. The van der Waals surface area contributed by atoms with Crippen molar-refractivity contribution in [2.24, 2.45) is 29.1 Å². The van der Waals surface area contributed by atoms with Crippen LogP contribution < -0.4 is 0 Å². The summed E-state index contributed by atoms with van der Waals surface area (Å²) in [5.41, 5.74) is 1.19. The Kier molecular flexibility index (Phi) is 6.81. The smallest absolute Gasteiger partial charge is 0.356 e. The van der Waals surface area contributed by atoms with Crippen molar-refractivity contribution < 1.29 is 19.4 Å². The van der Waals surface area contributed by atoms with Crippen molar-refractivity contribution in [3.8, 4) is 24.2 Å². The highest BCUT2D eigenvalue weighted by atomic mass is 16.6. The lowest BCUT2D eigenvalue weighted by molar-refractivity contribution is -0.169. The summed E-state index contributed by atoms with van der Waals surface area (Å²) < 4.78 is 11.9. The lowest BCUT2D eigenvalue weighted by Crippen LogP contribution is -2.52. The lowest BCUT2D eigenvalue weighted by atomic mass is 9.50. The van der Waals surface area contributed by atoms with Crippen LogP contribution in [-0.2, 0) is 19.9 Å². The highest BCUT2D eigenvalue weighted by Gasteiger charge is 2.62. The molecule has 4 aliphatic rings. The van der Waals surface area contributed by atoms with Crippen LogP contribution in [0.15, 0.2) is 41.5 Å². The number of esters is 1. The molecule has 196 valence electrons. The van der Waals surface area contributed by atoms with Gasteiger partial charge >= 0.3 is 5.97 Å². The van der Waals surface area contributed by atoms with Crippen LogP contribution in [0.25, 0.3) is 0 Å². The maximum Gasteiger partial charge on any atom is 0.356 e. The standard InChI is InChI=1S/C33H40O4/c1-6-17-33(36-5,24-11-9-8-10-12-24)30(34)37-25-13-14-26-23(21-25)20-22(3)29-27(26)15-18-31(4)28(29)16-19-32(31,35)7-2/h2,8-12,22,25,27-29,35H,13-16,18-21H2,1,3-5H3/t22-,25-,27-,28+,29-,31+,32+,33+/m1/s1. The van der Waals surface area contributed by atoms with Crippen LogP contribution in [0.5, 0.6) is 0 Å². The van der Waals surface area contributed by atoms with Crippen LogP contribution in [0.2, 0.25) is 0 Å². The third-order valence-corrected chi connectivity index (χ3v) is 10.4. The van der Waals surface area contributed by atoms with E-state index in [2.05, 4.69) is 31.6 Å². The van der Waals surface area contributed by atoms with Gasteiger partial charge in [-0.15, -0.1) is 12.3 Å². The third kappa shape index (κ3) is 3.96. The van der Waals surface area contributed by atoms with Crippen LogP contribution >= 0.6 is 0 Å². The van der Waals surface area contributed by atoms with Crippen molar-refractivity contribution in [3.05, 3.63) is 47.0 Å². The summed E-state index contributed by atoms with van der Waals surface area (Å²) in [7, 11) is 1.52. The van der Waals surface area contributed by atoms with Gasteiger partial charge in [-0.05, 0) is 75.5 Å². The lowest BCUT2D eigenvalue weighted by Gasteiger charge is -2.55. The first kappa shape index (κ1) is 26.1. The van der Waals surface area contributed by atoms with E-state index in [9.17, 15) is 9.90 Å². The topological polar surface area (TPSA) is 55.8 Å². The Hall–Kier alpha value is -2.53. The fourth-order valence-electron chi connectivity index (χ4n) is 8.51. The van der Waals surface area contributed by atoms with Gasteiger partial charge in [-0.1, -0.05) is 67.2 Å². The van der Waals surface area contributed by atoms with Gasteiger partial charge in [-0.3, -0.25) is 0 Å². The number of hydrogen-bond acceptors (Lipinski definition) is 4. The van der Waals surface area contributed by atoms with Gasteiger partial charge in [-0.25, -0.2) is 4.79 Å². The van der Waals surface area contributed by atoms with Crippen molar-refractivity contribution in [2.75, 3.05) is 7.11 Å². The molecule has 0 spiro atoms. The van der Waals surface area contributed by atoms with Crippen molar-refractivity contribution in [1.29, 1.82) is 0 Å². The molecule has 5 rings (SSSR count). The number of hydrogen-bond donors (Lipinski definition) is 1. The van der Waals surface area contributed by atoms with Gasteiger partial charge in [0, 0.05) is 24.5 Å². The number of carbonyl (C=O) groups excluding carboxylic acids is 1. The molecule has 8 atom stereocenters. The molecule has 4 aliphatic carbocycles. The molecule has 4 heteroatoms.